The lowest BCUT2D eigenvalue weighted by atomic mass is 10.00. The van der Waals surface area contributed by atoms with Crippen LogP contribution >= 0.6 is 0 Å². The molecule has 0 amide bonds. The zero-order chi connectivity index (χ0) is 11.8. The van der Waals surface area contributed by atoms with Gasteiger partial charge in [0, 0.05) is 12.5 Å². The van der Waals surface area contributed by atoms with Gasteiger partial charge in [-0.15, -0.1) is 12.3 Å². The fourth-order valence-corrected chi connectivity index (χ4v) is 1.93. The average Bonchev–Trinajstić information content (AvgIpc) is 2.28. The standard InChI is InChI=1S/C15H21N/c1-4-8-15(16-5-2)12-11-14-10-7-6-9-13(14)3/h1,6-7,9-10,15-16H,5,8,11-12H2,2-3H3. The molecule has 1 aromatic rings. The molecule has 0 aromatic heterocycles. The third-order valence-electron chi connectivity index (χ3n) is 2.88. The minimum atomic E-state index is 0.453. The smallest absolute Gasteiger partial charge is 0.0240 e. The summed E-state index contributed by atoms with van der Waals surface area (Å²) in [6.45, 7) is 5.27. The second-order valence-electron chi connectivity index (χ2n) is 4.13. The van der Waals surface area contributed by atoms with E-state index in [9.17, 15) is 0 Å². The van der Waals surface area contributed by atoms with E-state index in [1.807, 2.05) is 0 Å². The Labute approximate surface area is 99.3 Å². The molecule has 0 aliphatic rings. The molecule has 86 valence electrons. The van der Waals surface area contributed by atoms with Gasteiger partial charge in [-0.1, -0.05) is 31.2 Å². The highest BCUT2D eigenvalue weighted by Crippen LogP contribution is 2.11. The molecule has 1 rings (SSSR count). The molecule has 0 bridgehead atoms. The molecular formula is C15H21N. The van der Waals surface area contributed by atoms with Gasteiger partial charge >= 0.3 is 0 Å². The Bertz CT molecular complexity index is 349. The number of benzene rings is 1. The third kappa shape index (κ3) is 4.08. The zero-order valence-electron chi connectivity index (χ0n) is 10.3. The van der Waals surface area contributed by atoms with E-state index in [4.69, 9.17) is 6.42 Å². The fourth-order valence-electron chi connectivity index (χ4n) is 1.93. The molecule has 1 atom stereocenters. The van der Waals surface area contributed by atoms with Gasteiger partial charge in [-0.25, -0.2) is 0 Å². The summed E-state index contributed by atoms with van der Waals surface area (Å²) < 4.78 is 0. The largest absolute Gasteiger partial charge is 0.313 e. The molecule has 0 saturated heterocycles. The minimum Gasteiger partial charge on any atom is -0.313 e. The van der Waals surface area contributed by atoms with Gasteiger partial charge in [0.2, 0.25) is 0 Å². The Balaban J connectivity index is 2.49. The van der Waals surface area contributed by atoms with Gasteiger partial charge in [0.15, 0.2) is 0 Å². The first-order chi connectivity index (χ1) is 7.77. The number of nitrogens with one attached hydrogen (secondary N) is 1. The molecule has 1 nitrogen and oxygen atoms in total. The van der Waals surface area contributed by atoms with Crippen LogP contribution in [0.1, 0.15) is 30.9 Å². The van der Waals surface area contributed by atoms with Gasteiger partial charge in [-0.05, 0) is 37.4 Å². The highest BCUT2D eigenvalue weighted by atomic mass is 14.9. The molecule has 0 aliphatic heterocycles. The van der Waals surface area contributed by atoms with E-state index in [1.165, 1.54) is 11.1 Å². The summed E-state index contributed by atoms with van der Waals surface area (Å²) in [5.74, 6) is 2.74. The first-order valence-corrected chi connectivity index (χ1v) is 5.99. The quantitative estimate of drug-likeness (QED) is 0.719. The summed E-state index contributed by atoms with van der Waals surface area (Å²) in [6, 6.07) is 9.01. The molecule has 0 fully saturated rings. The highest BCUT2D eigenvalue weighted by Gasteiger charge is 2.06. The molecule has 1 N–H and O–H groups in total. The van der Waals surface area contributed by atoms with Crippen LogP contribution in [-0.4, -0.2) is 12.6 Å². The maximum atomic E-state index is 5.37. The minimum absolute atomic E-state index is 0.453. The van der Waals surface area contributed by atoms with Crippen molar-refractivity contribution in [1.82, 2.24) is 5.32 Å². The van der Waals surface area contributed by atoms with Gasteiger partial charge in [0.05, 0.1) is 0 Å². The predicted octanol–water partition coefficient (Wildman–Crippen LogP) is 2.93. The summed E-state index contributed by atoms with van der Waals surface area (Å²) in [7, 11) is 0. The van der Waals surface area contributed by atoms with Crippen LogP contribution in [-0.2, 0) is 6.42 Å². The first-order valence-electron chi connectivity index (χ1n) is 5.99. The lowest BCUT2D eigenvalue weighted by Gasteiger charge is -2.15. The highest BCUT2D eigenvalue weighted by molar-refractivity contribution is 5.25. The average molecular weight is 215 g/mol. The Kier molecular flexibility index (Phi) is 5.67. The Morgan fingerprint density at radius 3 is 2.75 bits per heavy atom. The SMILES string of the molecule is C#CCC(CCc1ccccc1C)NCC. The summed E-state index contributed by atoms with van der Waals surface area (Å²) in [5, 5.41) is 3.43. The van der Waals surface area contributed by atoms with Gasteiger partial charge in [0.1, 0.15) is 0 Å². The first kappa shape index (κ1) is 12.8. The van der Waals surface area contributed by atoms with Gasteiger partial charge < -0.3 is 5.32 Å². The molecule has 0 saturated carbocycles. The van der Waals surface area contributed by atoms with E-state index in [0.717, 1.165) is 25.8 Å². The van der Waals surface area contributed by atoms with Gasteiger partial charge in [-0.2, -0.15) is 0 Å². The van der Waals surface area contributed by atoms with Crippen LogP contribution in [0.4, 0.5) is 0 Å². The molecule has 0 spiro atoms. The lowest BCUT2D eigenvalue weighted by Crippen LogP contribution is -2.28. The van der Waals surface area contributed by atoms with E-state index in [1.54, 1.807) is 0 Å². The molecular weight excluding hydrogens is 194 g/mol. The van der Waals surface area contributed by atoms with Crippen molar-refractivity contribution >= 4 is 0 Å². The Morgan fingerprint density at radius 2 is 2.12 bits per heavy atom. The maximum Gasteiger partial charge on any atom is 0.0240 e. The van der Waals surface area contributed by atoms with Crippen LogP contribution in [0.15, 0.2) is 24.3 Å². The second kappa shape index (κ2) is 7.09. The fraction of sp³-hybridized carbons (Fsp3) is 0.467. The molecule has 1 unspecified atom stereocenters. The predicted molar refractivity (Wildman–Crippen MR) is 70.4 cm³/mol. The van der Waals surface area contributed by atoms with Crippen molar-refractivity contribution in [3.8, 4) is 12.3 Å². The van der Waals surface area contributed by atoms with Crippen molar-refractivity contribution in [3.63, 3.8) is 0 Å². The molecule has 16 heavy (non-hydrogen) atoms. The number of rotatable bonds is 6. The summed E-state index contributed by atoms with van der Waals surface area (Å²) in [6.07, 6.45) is 8.40. The number of hydrogen-bond donors (Lipinski definition) is 1. The van der Waals surface area contributed by atoms with Crippen molar-refractivity contribution in [2.45, 2.75) is 39.2 Å². The van der Waals surface area contributed by atoms with E-state index in [0.29, 0.717) is 6.04 Å². The Hall–Kier alpha value is -1.26. The number of terminal acetylenes is 1. The van der Waals surface area contributed by atoms with Crippen LogP contribution in [0, 0.1) is 19.3 Å². The van der Waals surface area contributed by atoms with Crippen molar-refractivity contribution in [1.29, 1.82) is 0 Å². The van der Waals surface area contributed by atoms with Crippen molar-refractivity contribution in [2.24, 2.45) is 0 Å². The molecule has 0 heterocycles. The van der Waals surface area contributed by atoms with E-state index in [-0.39, 0.29) is 0 Å². The topological polar surface area (TPSA) is 12.0 Å². The number of hydrogen-bond acceptors (Lipinski definition) is 1. The monoisotopic (exact) mass is 215 g/mol. The normalized spacial score (nSPS) is 12.1. The zero-order valence-corrected chi connectivity index (χ0v) is 10.3. The summed E-state index contributed by atoms with van der Waals surface area (Å²) in [4.78, 5) is 0. The van der Waals surface area contributed by atoms with Crippen molar-refractivity contribution in [2.75, 3.05) is 6.54 Å². The molecule has 0 aliphatic carbocycles. The third-order valence-corrected chi connectivity index (χ3v) is 2.88. The van der Waals surface area contributed by atoms with E-state index < -0.39 is 0 Å². The molecule has 1 heteroatoms. The summed E-state index contributed by atoms with van der Waals surface area (Å²) in [5.41, 5.74) is 2.81. The van der Waals surface area contributed by atoms with Crippen LogP contribution < -0.4 is 5.32 Å². The van der Waals surface area contributed by atoms with Crippen LogP contribution in [0.3, 0.4) is 0 Å². The van der Waals surface area contributed by atoms with Crippen LogP contribution in [0.25, 0.3) is 0 Å². The summed E-state index contributed by atoms with van der Waals surface area (Å²) >= 11 is 0. The van der Waals surface area contributed by atoms with Crippen molar-refractivity contribution in [3.05, 3.63) is 35.4 Å². The lowest BCUT2D eigenvalue weighted by molar-refractivity contribution is 0.503. The molecule has 0 radical (unpaired) electrons. The van der Waals surface area contributed by atoms with Gasteiger partial charge in [0.25, 0.3) is 0 Å². The van der Waals surface area contributed by atoms with Crippen LogP contribution in [0.5, 0.6) is 0 Å². The molecule has 1 aromatic carbocycles. The van der Waals surface area contributed by atoms with Crippen molar-refractivity contribution < 1.29 is 0 Å². The maximum absolute atomic E-state index is 5.37. The van der Waals surface area contributed by atoms with Crippen LogP contribution in [0.2, 0.25) is 0 Å². The Morgan fingerprint density at radius 1 is 1.38 bits per heavy atom. The number of aryl methyl sites for hydroxylation is 2. The van der Waals surface area contributed by atoms with E-state index >= 15 is 0 Å². The van der Waals surface area contributed by atoms with E-state index in [2.05, 4.69) is 49.4 Å². The van der Waals surface area contributed by atoms with Gasteiger partial charge in [-0.3, -0.25) is 0 Å². The second-order valence-corrected chi connectivity index (χ2v) is 4.13.